The number of ether oxygens (including phenoxy) is 1. The van der Waals surface area contributed by atoms with Crippen molar-refractivity contribution < 1.29 is 9.13 Å². The van der Waals surface area contributed by atoms with Crippen LogP contribution in [-0.4, -0.2) is 26.1 Å². The molecule has 0 aromatic carbocycles. The highest BCUT2D eigenvalue weighted by molar-refractivity contribution is 5.69. The first-order valence-electron chi connectivity index (χ1n) is 4.81. The monoisotopic (exact) mass is 208 g/mol. The Morgan fingerprint density at radius 3 is 3.13 bits per heavy atom. The van der Waals surface area contributed by atoms with Crippen molar-refractivity contribution in [2.45, 2.75) is 19.1 Å². The van der Waals surface area contributed by atoms with Crippen LogP contribution in [0.1, 0.15) is 19.1 Å². The van der Waals surface area contributed by atoms with Crippen molar-refractivity contribution in [2.24, 2.45) is 0 Å². The fourth-order valence-corrected chi connectivity index (χ4v) is 1.81. The van der Waals surface area contributed by atoms with Gasteiger partial charge in [-0.25, -0.2) is 15.0 Å². The van der Waals surface area contributed by atoms with Gasteiger partial charge in [0.1, 0.15) is 12.6 Å². The predicted molar refractivity (Wildman–Crippen MR) is 49.5 cm³/mol. The molecule has 15 heavy (non-hydrogen) atoms. The topological polar surface area (TPSA) is 52.8 Å². The molecule has 0 saturated carbocycles. The van der Waals surface area contributed by atoms with E-state index in [4.69, 9.17) is 4.74 Å². The Labute approximate surface area is 84.9 Å². The summed E-state index contributed by atoms with van der Waals surface area (Å²) in [5, 5.41) is 0. The van der Waals surface area contributed by atoms with Crippen molar-refractivity contribution >= 4 is 11.2 Å². The standard InChI is InChI=1S/C9H9FN4O/c10-8-7-9(12-4-11-8)14(5-13-7)6-2-1-3-15-6/h4-6H,1-3H2. The molecule has 0 amide bonds. The van der Waals surface area contributed by atoms with Crippen molar-refractivity contribution in [3.05, 3.63) is 18.6 Å². The van der Waals surface area contributed by atoms with Crippen LogP contribution in [-0.2, 0) is 4.74 Å². The summed E-state index contributed by atoms with van der Waals surface area (Å²) >= 11 is 0. The van der Waals surface area contributed by atoms with Gasteiger partial charge in [0.2, 0.25) is 5.95 Å². The molecule has 2 aromatic rings. The molecule has 1 aliphatic rings. The van der Waals surface area contributed by atoms with Gasteiger partial charge in [-0.05, 0) is 12.8 Å². The van der Waals surface area contributed by atoms with Crippen molar-refractivity contribution in [3.8, 4) is 0 Å². The average molecular weight is 208 g/mol. The van der Waals surface area contributed by atoms with Crippen LogP contribution in [0.15, 0.2) is 12.7 Å². The molecule has 78 valence electrons. The number of hydrogen-bond donors (Lipinski definition) is 0. The van der Waals surface area contributed by atoms with Crippen molar-refractivity contribution in [1.82, 2.24) is 19.5 Å². The number of fused-ring (bicyclic) bond motifs is 1. The Kier molecular flexibility index (Phi) is 1.88. The van der Waals surface area contributed by atoms with E-state index in [1.165, 1.54) is 6.33 Å². The summed E-state index contributed by atoms with van der Waals surface area (Å²) in [4.78, 5) is 11.4. The minimum Gasteiger partial charge on any atom is -0.358 e. The highest BCUT2D eigenvalue weighted by Gasteiger charge is 2.21. The Bertz CT molecular complexity index is 492. The second-order valence-electron chi connectivity index (χ2n) is 3.46. The quantitative estimate of drug-likeness (QED) is 0.662. The summed E-state index contributed by atoms with van der Waals surface area (Å²) in [6, 6.07) is 0. The highest BCUT2D eigenvalue weighted by atomic mass is 19.1. The summed E-state index contributed by atoms with van der Waals surface area (Å²) in [5.41, 5.74) is 0.697. The first kappa shape index (κ1) is 8.72. The number of hydrogen-bond acceptors (Lipinski definition) is 4. The van der Waals surface area contributed by atoms with Crippen LogP contribution in [0.5, 0.6) is 0 Å². The summed E-state index contributed by atoms with van der Waals surface area (Å²) in [5.74, 6) is -0.586. The maximum atomic E-state index is 13.2. The zero-order valence-electron chi connectivity index (χ0n) is 7.93. The average Bonchev–Trinajstić information content (AvgIpc) is 2.85. The van der Waals surface area contributed by atoms with E-state index in [0.29, 0.717) is 5.65 Å². The maximum Gasteiger partial charge on any atom is 0.244 e. The largest absolute Gasteiger partial charge is 0.358 e. The zero-order chi connectivity index (χ0) is 10.3. The molecule has 1 saturated heterocycles. The van der Waals surface area contributed by atoms with Gasteiger partial charge in [0.05, 0.1) is 6.33 Å². The van der Waals surface area contributed by atoms with Gasteiger partial charge in [0.15, 0.2) is 11.2 Å². The second-order valence-corrected chi connectivity index (χ2v) is 3.46. The number of rotatable bonds is 1. The molecule has 1 aliphatic heterocycles. The molecular weight excluding hydrogens is 199 g/mol. The normalized spacial score (nSPS) is 21.3. The minimum absolute atomic E-state index is 0.0655. The molecule has 0 radical (unpaired) electrons. The van der Waals surface area contributed by atoms with Crippen molar-refractivity contribution in [3.63, 3.8) is 0 Å². The lowest BCUT2D eigenvalue weighted by Crippen LogP contribution is -2.06. The second kappa shape index (κ2) is 3.23. The third kappa shape index (κ3) is 1.29. The summed E-state index contributed by atoms with van der Waals surface area (Å²) in [6.07, 6.45) is 4.61. The molecule has 1 atom stereocenters. The van der Waals surface area contributed by atoms with Gasteiger partial charge < -0.3 is 4.74 Å². The first-order chi connectivity index (χ1) is 7.36. The molecule has 3 rings (SSSR count). The lowest BCUT2D eigenvalue weighted by molar-refractivity contribution is 0.0593. The van der Waals surface area contributed by atoms with Crippen LogP contribution < -0.4 is 0 Å². The Morgan fingerprint density at radius 2 is 2.33 bits per heavy atom. The number of imidazole rings is 1. The summed E-state index contributed by atoms with van der Waals surface area (Å²) < 4.78 is 20.5. The summed E-state index contributed by atoms with van der Waals surface area (Å²) in [6.45, 7) is 0.734. The molecule has 5 nitrogen and oxygen atoms in total. The Hall–Kier alpha value is -1.56. The molecule has 0 aliphatic carbocycles. The SMILES string of the molecule is Fc1ncnc2c1ncn2C1CCCO1. The summed E-state index contributed by atoms with van der Waals surface area (Å²) in [7, 11) is 0. The van der Waals surface area contributed by atoms with E-state index in [2.05, 4.69) is 15.0 Å². The lowest BCUT2D eigenvalue weighted by atomic mass is 10.3. The van der Waals surface area contributed by atoms with Crippen LogP contribution >= 0.6 is 0 Å². The van der Waals surface area contributed by atoms with E-state index in [0.717, 1.165) is 19.4 Å². The third-order valence-electron chi connectivity index (χ3n) is 2.53. The lowest BCUT2D eigenvalue weighted by Gasteiger charge is -2.10. The molecule has 6 heteroatoms. The van der Waals surface area contributed by atoms with Crippen molar-refractivity contribution in [2.75, 3.05) is 6.61 Å². The number of halogens is 1. The van der Waals surface area contributed by atoms with Crippen LogP contribution in [0.4, 0.5) is 4.39 Å². The first-order valence-corrected chi connectivity index (χ1v) is 4.81. The Morgan fingerprint density at radius 1 is 1.40 bits per heavy atom. The van der Waals surface area contributed by atoms with Crippen molar-refractivity contribution in [1.29, 1.82) is 0 Å². The van der Waals surface area contributed by atoms with Gasteiger partial charge in [0.25, 0.3) is 0 Å². The minimum atomic E-state index is -0.586. The molecule has 2 aromatic heterocycles. The molecule has 0 N–H and O–H groups in total. The van der Waals surface area contributed by atoms with Gasteiger partial charge in [0, 0.05) is 6.61 Å². The molecule has 1 unspecified atom stereocenters. The molecule has 0 bridgehead atoms. The number of aromatic nitrogens is 4. The van der Waals surface area contributed by atoms with Crippen LogP contribution in [0, 0.1) is 5.95 Å². The van der Waals surface area contributed by atoms with E-state index in [1.807, 2.05) is 0 Å². The molecule has 1 fully saturated rings. The van der Waals surface area contributed by atoms with E-state index in [9.17, 15) is 4.39 Å². The number of nitrogens with zero attached hydrogens (tertiary/aromatic N) is 4. The van der Waals surface area contributed by atoms with E-state index in [1.54, 1.807) is 10.9 Å². The van der Waals surface area contributed by atoms with Gasteiger partial charge in [-0.2, -0.15) is 4.39 Å². The maximum absolute atomic E-state index is 13.2. The Balaban J connectivity index is 2.15. The van der Waals surface area contributed by atoms with Gasteiger partial charge in [-0.3, -0.25) is 4.57 Å². The van der Waals surface area contributed by atoms with E-state index < -0.39 is 5.95 Å². The predicted octanol–water partition coefficient (Wildman–Crippen LogP) is 1.27. The van der Waals surface area contributed by atoms with Crippen LogP contribution in [0.2, 0.25) is 0 Å². The fourth-order valence-electron chi connectivity index (χ4n) is 1.81. The molecular formula is C9H9FN4O. The van der Waals surface area contributed by atoms with Gasteiger partial charge >= 0.3 is 0 Å². The molecule has 0 spiro atoms. The van der Waals surface area contributed by atoms with Gasteiger partial charge in [-0.1, -0.05) is 0 Å². The van der Waals surface area contributed by atoms with E-state index >= 15 is 0 Å². The highest BCUT2D eigenvalue weighted by Crippen LogP contribution is 2.25. The van der Waals surface area contributed by atoms with Gasteiger partial charge in [-0.15, -0.1) is 0 Å². The molecule has 3 heterocycles. The van der Waals surface area contributed by atoms with Crippen LogP contribution in [0.3, 0.4) is 0 Å². The smallest absolute Gasteiger partial charge is 0.244 e. The zero-order valence-corrected chi connectivity index (χ0v) is 7.93. The fraction of sp³-hybridized carbons (Fsp3) is 0.444. The van der Waals surface area contributed by atoms with Crippen LogP contribution in [0.25, 0.3) is 11.2 Å². The van der Waals surface area contributed by atoms with E-state index in [-0.39, 0.29) is 11.7 Å². The third-order valence-corrected chi connectivity index (χ3v) is 2.53.